The molecule has 250 valence electrons. The molecule has 44 heavy (non-hydrogen) atoms. The zero-order chi connectivity index (χ0) is 36.7. The van der Waals surface area contributed by atoms with Gasteiger partial charge in [-0.15, -0.1) is 11.6 Å². The van der Waals surface area contributed by atoms with Crippen molar-refractivity contribution in [3.63, 3.8) is 0 Å². The standard InChI is InChI=1S/C39H63ClO4/c1-3-5-7-9-11-13-15-17-19-21-23-25-27-29-31-33-38(41)43-36-37(35-40)44-39(42)34-32-30-28-26-24-22-20-18-16-14-12-10-8-6-4-2/h5-8,11-14,17-20,37H,3-4,9-10,15-16,21-36H2,1-2H3/b7-5-,8-6-,13-11-,14-12-,19-17-,20-18-/i35D2,36D2,37D. The van der Waals surface area contributed by atoms with Gasteiger partial charge in [-0.1, -0.05) is 125 Å². The smallest absolute Gasteiger partial charge is 0.306 e. The molecule has 0 aliphatic carbocycles. The molecule has 1 unspecified atom stereocenters. The maximum atomic E-state index is 12.5. The van der Waals surface area contributed by atoms with Crippen LogP contribution >= 0.6 is 11.6 Å². The summed E-state index contributed by atoms with van der Waals surface area (Å²) >= 11 is 5.71. The Morgan fingerprint density at radius 1 is 0.591 bits per heavy atom. The first-order valence-electron chi connectivity index (χ1n) is 19.4. The Hall–Kier alpha value is -2.33. The van der Waals surface area contributed by atoms with Crippen molar-refractivity contribution in [2.75, 3.05) is 12.4 Å². The average Bonchev–Trinajstić information content (AvgIpc) is 3.03. The highest BCUT2D eigenvalue weighted by molar-refractivity contribution is 6.18. The molecule has 0 bridgehead atoms. The summed E-state index contributed by atoms with van der Waals surface area (Å²) in [6, 6.07) is 0. The van der Waals surface area contributed by atoms with Crippen LogP contribution in [0.3, 0.4) is 0 Å². The Morgan fingerprint density at radius 2 is 0.977 bits per heavy atom. The summed E-state index contributed by atoms with van der Waals surface area (Å²) in [6.45, 7) is 0.941. The summed E-state index contributed by atoms with van der Waals surface area (Å²) in [4.78, 5) is 24.9. The maximum absolute atomic E-state index is 12.5. The van der Waals surface area contributed by atoms with Crippen LogP contribution in [-0.2, 0) is 19.1 Å². The minimum absolute atomic E-state index is 0.0989. The van der Waals surface area contributed by atoms with Gasteiger partial charge in [0.1, 0.15) is 12.6 Å². The number of halogens is 1. The van der Waals surface area contributed by atoms with Crippen molar-refractivity contribution in [3.8, 4) is 0 Å². The van der Waals surface area contributed by atoms with Gasteiger partial charge in [0.05, 0.1) is 9.94 Å². The van der Waals surface area contributed by atoms with E-state index >= 15 is 0 Å². The second kappa shape index (κ2) is 35.2. The lowest BCUT2D eigenvalue weighted by Crippen LogP contribution is -2.26. The Morgan fingerprint density at radius 3 is 1.43 bits per heavy atom. The third-order valence-electron chi connectivity index (χ3n) is 6.62. The van der Waals surface area contributed by atoms with E-state index in [9.17, 15) is 9.59 Å². The molecular formula is C39H63ClO4. The topological polar surface area (TPSA) is 52.6 Å². The highest BCUT2D eigenvalue weighted by Gasteiger charge is 2.16. The van der Waals surface area contributed by atoms with E-state index in [0.29, 0.717) is 12.8 Å². The number of alkyl halides is 1. The fourth-order valence-electron chi connectivity index (χ4n) is 4.16. The van der Waals surface area contributed by atoms with Crippen LogP contribution in [0.4, 0.5) is 0 Å². The summed E-state index contributed by atoms with van der Waals surface area (Å²) in [6.07, 6.45) is 38.6. The van der Waals surface area contributed by atoms with Gasteiger partial charge in [-0.05, 0) is 77.0 Å². The van der Waals surface area contributed by atoms with Crippen LogP contribution in [0.25, 0.3) is 0 Å². The number of carbonyl (C=O) groups excluding carboxylic acids is 2. The first-order valence-corrected chi connectivity index (χ1v) is 17.3. The van der Waals surface area contributed by atoms with E-state index < -0.39 is 30.4 Å². The molecule has 0 saturated heterocycles. The summed E-state index contributed by atoms with van der Waals surface area (Å²) in [7, 11) is 0. The number of hydrogen-bond acceptors (Lipinski definition) is 4. The van der Waals surface area contributed by atoms with E-state index in [1.807, 2.05) is 0 Å². The highest BCUT2D eigenvalue weighted by Crippen LogP contribution is 2.11. The minimum Gasteiger partial charge on any atom is -0.462 e. The molecule has 0 aliphatic rings. The van der Waals surface area contributed by atoms with Gasteiger partial charge in [0.2, 0.25) is 0 Å². The maximum Gasteiger partial charge on any atom is 0.306 e. The van der Waals surface area contributed by atoms with E-state index in [-0.39, 0.29) is 12.8 Å². The quantitative estimate of drug-likeness (QED) is 0.0341. The van der Waals surface area contributed by atoms with Crippen molar-refractivity contribution >= 4 is 23.5 Å². The zero-order valence-corrected chi connectivity index (χ0v) is 28.3. The first-order chi connectivity index (χ1) is 23.4. The number of rotatable bonds is 30. The molecule has 0 amide bonds. The van der Waals surface area contributed by atoms with Gasteiger partial charge in [-0.25, -0.2) is 0 Å². The average molecular weight is 636 g/mol. The van der Waals surface area contributed by atoms with Crippen molar-refractivity contribution in [1.82, 2.24) is 0 Å². The van der Waals surface area contributed by atoms with Crippen molar-refractivity contribution in [2.24, 2.45) is 0 Å². The molecule has 0 aromatic carbocycles. The van der Waals surface area contributed by atoms with Crippen LogP contribution in [0.1, 0.15) is 149 Å². The van der Waals surface area contributed by atoms with Gasteiger partial charge >= 0.3 is 11.9 Å². The number of carbonyl (C=O) groups is 2. The molecular weight excluding hydrogens is 568 g/mol. The number of unbranched alkanes of at least 4 members (excludes halogenated alkanes) is 10. The predicted molar refractivity (Wildman–Crippen MR) is 190 cm³/mol. The molecule has 0 radical (unpaired) electrons. The van der Waals surface area contributed by atoms with E-state index in [4.69, 9.17) is 27.9 Å². The van der Waals surface area contributed by atoms with Gasteiger partial charge in [-0.2, -0.15) is 0 Å². The van der Waals surface area contributed by atoms with Crippen LogP contribution in [0.15, 0.2) is 72.9 Å². The van der Waals surface area contributed by atoms with Gasteiger partial charge < -0.3 is 9.47 Å². The van der Waals surface area contributed by atoms with E-state index in [2.05, 4.69) is 86.8 Å². The second-order valence-electron chi connectivity index (χ2n) is 10.7. The lowest BCUT2D eigenvalue weighted by Gasteiger charge is -2.15. The normalized spacial score (nSPS) is 16.1. The molecule has 0 saturated carbocycles. The highest BCUT2D eigenvalue weighted by atomic mass is 35.5. The number of esters is 2. The molecule has 0 rings (SSSR count). The molecule has 0 aromatic rings. The van der Waals surface area contributed by atoms with E-state index in [1.54, 1.807) is 0 Å². The minimum atomic E-state index is -3.30. The molecule has 0 N–H and O–H groups in total. The van der Waals surface area contributed by atoms with Crippen molar-refractivity contribution in [2.45, 2.75) is 148 Å². The van der Waals surface area contributed by atoms with Crippen LogP contribution in [-0.4, -0.2) is 30.4 Å². The Balaban J connectivity index is 4.33. The Labute approximate surface area is 282 Å². The fourth-order valence-corrected chi connectivity index (χ4v) is 4.23. The second-order valence-corrected chi connectivity index (χ2v) is 10.9. The van der Waals surface area contributed by atoms with Crippen molar-refractivity contribution in [1.29, 1.82) is 0 Å². The fraction of sp³-hybridized carbons (Fsp3) is 0.641. The van der Waals surface area contributed by atoms with Crippen molar-refractivity contribution in [3.05, 3.63) is 72.9 Å². The Kier molecular flexibility index (Phi) is 26.4. The molecule has 0 aliphatic heterocycles. The van der Waals surface area contributed by atoms with E-state index in [1.165, 1.54) is 0 Å². The van der Waals surface area contributed by atoms with E-state index in [0.717, 1.165) is 103 Å². The first kappa shape index (κ1) is 33.0. The van der Waals surface area contributed by atoms with Crippen LogP contribution < -0.4 is 0 Å². The zero-order valence-electron chi connectivity index (χ0n) is 32.6. The van der Waals surface area contributed by atoms with Gasteiger partial charge in [0.25, 0.3) is 0 Å². The SMILES string of the molecule is [2H]C([2H])(Cl)C([2H])(OC(=O)CCCCCCC/C=C\C/C=C\C/C=C\CC)C([2H])([2H])OC(=O)CCCCCCC/C=C\C/C=C\C/C=C\CC. The monoisotopic (exact) mass is 635 g/mol. The van der Waals surface area contributed by atoms with Gasteiger partial charge in [-0.3, -0.25) is 9.59 Å². The molecule has 4 nitrogen and oxygen atoms in total. The Bertz CT molecular complexity index is 1050. The summed E-state index contributed by atoms with van der Waals surface area (Å²) in [5.74, 6) is -5.06. The lowest BCUT2D eigenvalue weighted by molar-refractivity contribution is -0.157. The number of hydrogen-bond donors (Lipinski definition) is 0. The summed E-state index contributed by atoms with van der Waals surface area (Å²) < 4.78 is 50.1. The molecule has 0 heterocycles. The largest absolute Gasteiger partial charge is 0.462 e. The molecule has 0 fully saturated rings. The summed E-state index contributed by atoms with van der Waals surface area (Å²) in [5, 5.41) is 0. The van der Waals surface area contributed by atoms with Gasteiger partial charge in [0, 0.05) is 15.6 Å². The predicted octanol–water partition coefficient (Wildman–Crippen LogP) is 11.9. The van der Waals surface area contributed by atoms with Crippen LogP contribution in [0, 0.1) is 0 Å². The molecule has 0 spiro atoms. The van der Waals surface area contributed by atoms with Crippen molar-refractivity contribution < 1.29 is 25.9 Å². The number of allylic oxidation sites excluding steroid dienone is 12. The molecule has 1 atom stereocenters. The lowest BCUT2D eigenvalue weighted by atomic mass is 10.1. The molecule has 0 aromatic heterocycles. The van der Waals surface area contributed by atoms with Crippen LogP contribution in [0.2, 0.25) is 0 Å². The van der Waals surface area contributed by atoms with Crippen LogP contribution in [0.5, 0.6) is 0 Å². The van der Waals surface area contributed by atoms with Gasteiger partial charge in [0.15, 0.2) is 0 Å². The summed E-state index contributed by atoms with van der Waals surface area (Å²) in [5.41, 5.74) is 0. The molecule has 5 heteroatoms. The third kappa shape index (κ3) is 32.6. The number of ether oxygens (including phenoxy) is 2. The third-order valence-corrected chi connectivity index (χ3v) is 6.79.